The Morgan fingerprint density at radius 3 is 2.38 bits per heavy atom. The Morgan fingerprint density at radius 2 is 1.94 bits per heavy atom. The first kappa shape index (κ1) is 12.9. The number of pyridine rings is 1. The van der Waals surface area contributed by atoms with Crippen molar-refractivity contribution >= 4 is 10.0 Å². The average Bonchev–Trinajstić information content (AvgIpc) is 1.97. The Bertz CT molecular complexity index is 469. The molecule has 0 aliphatic rings. The van der Waals surface area contributed by atoms with E-state index >= 15 is 0 Å². The highest BCUT2D eigenvalue weighted by Gasteiger charge is 2.30. The maximum Gasteiger partial charge on any atom is 0.326 e. The first-order chi connectivity index (χ1) is 7.13. The SMILES string of the molecule is Cc1ccc[n+]([O-])c1S(=O)(=O)NC(C)(C)C. The third kappa shape index (κ3) is 2.93. The van der Waals surface area contributed by atoms with E-state index in [0.29, 0.717) is 10.3 Å². The van der Waals surface area contributed by atoms with Gasteiger partial charge in [-0.2, -0.15) is 4.73 Å². The van der Waals surface area contributed by atoms with Crippen molar-refractivity contribution in [3.63, 3.8) is 0 Å². The molecule has 1 aromatic heterocycles. The molecule has 0 aromatic carbocycles. The van der Waals surface area contributed by atoms with Crippen LogP contribution in [0.2, 0.25) is 0 Å². The average molecular weight is 244 g/mol. The lowest BCUT2D eigenvalue weighted by Crippen LogP contribution is -2.46. The third-order valence-corrected chi connectivity index (χ3v) is 3.69. The fourth-order valence-corrected chi connectivity index (χ4v) is 3.05. The monoisotopic (exact) mass is 244 g/mol. The van der Waals surface area contributed by atoms with Crippen molar-refractivity contribution in [1.29, 1.82) is 0 Å². The third-order valence-electron chi connectivity index (χ3n) is 1.80. The van der Waals surface area contributed by atoms with Gasteiger partial charge in [0.15, 0.2) is 6.20 Å². The molecule has 1 heterocycles. The summed E-state index contributed by atoms with van der Waals surface area (Å²) in [4.78, 5) is 0. The van der Waals surface area contributed by atoms with E-state index in [2.05, 4.69) is 4.72 Å². The summed E-state index contributed by atoms with van der Waals surface area (Å²) < 4.78 is 26.7. The summed E-state index contributed by atoms with van der Waals surface area (Å²) in [5.41, 5.74) is -0.192. The molecule has 5 nitrogen and oxygen atoms in total. The number of hydrogen-bond acceptors (Lipinski definition) is 3. The fourth-order valence-electron chi connectivity index (χ4n) is 1.36. The summed E-state index contributed by atoms with van der Waals surface area (Å²) in [7, 11) is -3.78. The molecule has 0 unspecified atom stereocenters. The fraction of sp³-hybridized carbons (Fsp3) is 0.500. The van der Waals surface area contributed by atoms with Crippen molar-refractivity contribution in [2.45, 2.75) is 38.3 Å². The lowest BCUT2D eigenvalue weighted by Gasteiger charge is -2.19. The van der Waals surface area contributed by atoms with E-state index in [1.807, 2.05) is 0 Å². The summed E-state index contributed by atoms with van der Waals surface area (Å²) in [5, 5.41) is 11.2. The van der Waals surface area contributed by atoms with Gasteiger partial charge in [0, 0.05) is 17.2 Å². The molecule has 0 spiro atoms. The Labute approximate surface area is 95.7 Å². The normalized spacial score (nSPS) is 12.8. The van der Waals surface area contributed by atoms with Crippen molar-refractivity contribution in [3.05, 3.63) is 29.1 Å². The van der Waals surface area contributed by atoms with Gasteiger partial charge in [0.05, 0.1) is 0 Å². The summed E-state index contributed by atoms with van der Waals surface area (Å²) in [6.45, 7) is 6.75. The summed E-state index contributed by atoms with van der Waals surface area (Å²) >= 11 is 0. The van der Waals surface area contributed by atoms with Crippen molar-refractivity contribution < 1.29 is 13.1 Å². The van der Waals surface area contributed by atoms with Crippen LogP contribution in [0.25, 0.3) is 0 Å². The van der Waals surface area contributed by atoms with Gasteiger partial charge in [-0.05, 0) is 33.8 Å². The Balaban J connectivity index is 3.29. The van der Waals surface area contributed by atoms with E-state index in [0.717, 1.165) is 0 Å². The van der Waals surface area contributed by atoms with Crippen LogP contribution in [-0.4, -0.2) is 14.0 Å². The number of nitrogens with one attached hydrogen (secondary N) is 1. The van der Waals surface area contributed by atoms with E-state index in [1.54, 1.807) is 33.8 Å². The molecule has 6 heteroatoms. The molecule has 1 aromatic rings. The maximum absolute atomic E-state index is 12.0. The van der Waals surface area contributed by atoms with Crippen LogP contribution in [0.1, 0.15) is 26.3 Å². The lowest BCUT2D eigenvalue weighted by molar-refractivity contribution is -0.647. The second-order valence-corrected chi connectivity index (χ2v) is 6.28. The van der Waals surface area contributed by atoms with Crippen molar-refractivity contribution in [2.24, 2.45) is 0 Å². The molecule has 0 radical (unpaired) electrons. The van der Waals surface area contributed by atoms with Gasteiger partial charge in [-0.15, -0.1) is 0 Å². The van der Waals surface area contributed by atoms with Crippen LogP contribution < -0.4 is 9.45 Å². The minimum Gasteiger partial charge on any atom is -0.618 e. The predicted octanol–water partition coefficient (Wildman–Crippen LogP) is 0.705. The van der Waals surface area contributed by atoms with E-state index < -0.39 is 15.6 Å². The van der Waals surface area contributed by atoms with Crippen molar-refractivity contribution in [3.8, 4) is 0 Å². The highest BCUT2D eigenvalue weighted by molar-refractivity contribution is 7.89. The molecule has 0 aliphatic heterocycles. The molecule has 0 saturated carbocycles. The Kier molecular flexibility index (Phi) is 3.25. The summed E-state index contributed by atoms with van der Waals surface area (Å²) in [6.07, 6.45) is 1.17. The minimum atomic E-state index is -3.78. The largest absolute Gasteiger partial charge is 0.618 e. The van der Waals surface area contributed by atoms with Crippen molar-refractivity contribution in [1.82, 2.24) is 4.72 Å². The zero-order chi connectivity index (χ0) is 12.6. The van der Waals surface area contributed by atoms with Crippen LogP contribution in [0, 0.1) is 12.1 Å². The Morgan fingerprint density at radius 1 is 1.38 bits per heavy atom. The first-order valence-electron chi connectivity index (χ1n) is 4.86. The zero-order valence-corrected chi connectivity index (χ0v) is 10.6. The van der Waals surface area contributed by atoms with Gasteiger partial charge in [-0.3, -0.25) is 0 Å². The Hall–Kier alpha value is -1.14. The molecular formula is C10H16N2O3S. The standard InChI is InChI=1S/C10H16N2O3S/c1-8-6-5-7-12(13)9(8)16(14,15)11-10(2,3)4/h5-7,11H,1-4H3. The van der Waals surface area contributed by atoms with E-state index in [9.17, 15) is 13.6 Å². The van der Waals surface area contributed by atoms with Gasteiger partial charge in [-0.25, -0.2) is 13.1 Å². The van der Waals surface area contributed by atoms with Crippen LogP contribution >= 0.6 is 0 Å². The van der Waals surface area contributed by atoms with Gasteiger partial charge >= 0.3 is 15.0 Å². The molecule has 0 fully saturated rings. The number of sulfonamides is 1. The van der Waals surface area contributed by atoms with Crippen molar-refractivity contribution in [2.75, 3.05) is 0 Å². The number of rotatable bonds is 2. The number of aromatic nitrogens is 1. The second-order valence-electron chi connectivity index (χ2n) is 4.68. The van der Waals surface area contributed by atoms with E-state index in [4.69, 9.17) is 0 Å². The summed E-state index contributed by atoms with van der Waals surface area (Å²) in [5.74, 6) is 0. The highest BCUT2D eigenvalue weighted by atomic mass is 32.2. The lowest BCUT2D eigenvalue weighted by atomic mass is 10.1. The molecule has 1 rings (SSSR count). The van der Waals surface area contributed by atoms with Crippen LogP contribution in [0.15, 0.2) is 23.4 Å². The van der Waals surface area contributed by atoms with Gasteiger partial charge in [0.2, 0.25) is 0 Å². The number of hydrogen-bond donors (Lipinski definition) is 1. The first-order valence-corrected chi connectivity index (χ1v) is 6.34. The highest BCUT2D eigenvalue weighted by Crippen LogP contribution is 2.12. The number of nitrogens with zero attached hydrogens (tertiary/aromatic N) is 1. The second kappa shape index (κ2) is 4.03. The smallest absolute Gasteiger partial charge is 0.326 e. The maximum atomic E-state index is 12.0. The van der Waals surface area contributed by atoms with Gasteiger partial charge in [-0.1, -0.05) is 0 Å². The zero-order valence-electron chi connectivity index (χ0n) is 9.81. The number of aryl methyl sites for hydroxylation is 1. The van der Waals surface area contributed by atoms with E-state index in [-0.39, 0.29) is 5.03 Å². The molecule has 0 aliphatic carbocycles. The van der Waals surface area contributed by atoms with E-state index in [1.165, 1.54) is 12.3 Å². The molecule has 0 saturated heterocycles. The molecule has 0 amide bonds. The van der Waals surface area contributed by atoms with Gasteiger partial charge in [0.25, 0.3) is 0 Å². The molecule has 16 heavy (non-hydrogen) atoms. The van der Waals surface area contributed by atoms with Crippen LogP contribution in [0.3, 0.4) is 0 Å². The van der Waals surface area contributed by atoms with Crippen LogP contribution in [0.5, 0.6) is 0 Å². The van der Waals surface area contributed by atoms with Gasteiger partial charge < -0.3 is 5.21 Å². The molecule has 90 valence electrons. The molecule has 1 N–H and O–H groups in total. The predicted molar refractivity (Wildman–Crippen MR) is 60.2 cm³/mol. The summed E-state index contributed by atoms with van der Waals surface area (Å²) in [6, 6.07) is 3.10. The molecular weight excluding hydrogens is 228 g/mol. The quantitative estimate of drug-likeness (QED) is 0.615. The molecule has 0 bridgehead atoms. The van der Waals surface area contributed by atoms with Crippen LogP contribution in [0.4, 0.5) is 0 Å². The minimum absolute atomic E-state index is 0.245. The topological polar surface area (TPSA) is 73.1 Å². The molecule has 0 atom stereocenters. The van der Waals surface area contributed by atoms with Gasteiger partial charge in [0.1, 0.15) is 0 Å². The van der Waals surface area contributed by atoms with Crippen LogP contribution in [-0.2, 0) is 10.0 Å².